The molecule has 0 atom stereocenters. The Morgan fingerprint density at radius 3 is 2.50 bits per heavy atom. The molecule has 0 bridgehead atoms. The number of aryl methyl sites for hydroxylation is 1. The number of carbonyl (C=O) groups is 1. The third-order valence-electron chi connectivity index (χ3n) is 5.19. The summed E-state index contributed by atoms with van der Waals surface area (Å²) >= 11 is 1.32. The number of anilines is 1. The first kappa shape index (κ1) is 23.1. The summed E-state index contributed by atoms with van der Waals surface area (Å²) in [6, 6.07) is 26.9. The smallest absolute Gasteiger partial charge is 0.234 e. The number of aromatic nitrogens is 3. The summed E-state index contributed by atoms with van der Waals surface area (Å²) in [6.07, 6.45) is 0.803. The van der Waals surface area contributed by atoms with E-state index < -0.39 is 0 Å². The number of nitrogens with one attached hydrogen (secondary N) is 1. The molecule has 0 saturated heterocycles. The van der Waals surface area contributed by atoms with Gasteiger partial charge in [-0.2, -0.15) is 5.26 Å². The number of hydrogen-bond donors (Lipinski definition) is 1. The molecule has 0 aliphatic heterocycles. The van der Waals surface area contributed by atoms with Crippen molar-refractivity contribution in [2.45, 2.75) is 18.1 Å². The lowest BCUT2D eigenvalue weighted by Crippen LogP contribution is -2.15. The highest BCUT2D eigenvalue weighted by Crippen LogP contribution is 2.26. The molecule has 1 aromatic heterocycles. The summed E-state index contributed by atoms with van der Waals surface area (Å²) in [6.45, 7) is 0.666. The summed E-state index contributed by atoms with van der Waals surface area (Å²) < 4.78 is 7.30. The van der Waals surface area contributed by atoms with E-state index in [1.165, 1.54) is 17.3 Å². The molecule has 170 valence electrons. The molecule has 1 heterocycles. The molecule has 7 nitrogen and oxygen atoms in total. The molecule has 0 aliphatic carbocycles. The second kappa shape index (κ2) is 11.2. The number of benzene rings is 3. The lowest BCUT2D eigenvalue weighted by atomic mass is 10.1. The van der Waals surface area contributed by atoms with Gasteiger partial charge in [-0.05, 0) is 48.4 Å². The van der Waals surface area contributed by atoms with E-state index in [2.05, 4.69) is 33.7 Å². The predicted molar refractivity (Wildman–Crippen MR) is 133 cm³/mol. The van der Waals surface area contributed by atoms with Crippen molar-refractivity contribution in [3.8, 4) is 23.2 Å². The van der Waals surface area contributed by atoms with E-state index in [-0.39, 0.29) is 11.7 Å². The molecular weight excluding hydrogens is 446 g/mol. The predicted octanol–water partition coefficient (Wildman–Crippen LogP) is 4.80. The topological polar surface area (TPSA) is 92.8 Å². The first-order valence-electron chi connectivity index (χ1n) is 10.7. The number of methoxy groups -OCH3 is 1. The van der Waals surface area contributed by atoms with Gasteiger partial charge in [0, 0.05) is 12.1 Å². The molecule has 3 aromatic carbocycles. The highest BCUT2D eigenvalue weighted by atomic mass is 32.2. The van der Waals surface area contributed by atoms with E-state index in [1.807, 2.05) is 47.0 Å². The highest BCUT2D eigenvalue weighted by molar-refractivity contribution is 7.99. The first-order valence-corrected chi connectivity index (χ1v) is 11.7. The van der Waals surface area contributed by atoms with Crippen LogP contribution in [0.2, 0.25) is 0 Å². The van der Waals surface area contributed by atoms with Crippen molar-refractivity contribution in [2.24, 2.45) is 0 Å². The molecule has 8 heteroatoms. The highest BCUT2D eigenvalue weighted by Gasteiger charge is 2.16. The van der Waals surface area contributed by atoms with E-state index in [0.29, 0.717) is 23.0 Å². The standard InChI is InChI=1S/C26H23N5O2S/c1-33-22-13-11-20(12-14-22)25-29-30-26(31(25)16-15-19-7-3-2-4-8-19)34-18-24(32)28-23-10-6-5-9-21(23)17-27/h2-14H,15-16,18H2,1H3,(H,28,32). The number of carbonyl (C=O) groups excluding carboxylic acids is 1. The van der Waals surface area contributed by atoms with Crippen LogP contribution in [0.15, 0.2) is 84.0 Å². The lowest BCUT2D eigenvalue weighted by molar-refractivity contribution is -0.113. The monoisotopic (exact) mass is 469 g/mol. The van der Waals surface area contributed by atoms with Crippen LogP contribution in [-0.2, 0) is 17.8 Å². The van der Waals surface area contributed by atoms with Gasteiger partial charge in [-0.1, -0.05) is 54.2 Å². The van der Waals surface area contributed by atoms with Gasteiger partial charge in [-0.3, -0.25) is 4.79 Å². The van der Waals surface area contributed by atoms with Crippen LogP contribution in [0.3, 0.4) is 0 Å². The third kappa shape index (κ3) is 5.63. The zero-order valence-corrected chi connectivity index (χ0v) is 19.5. The minimum atomic E-state index is -0.212. The first-order chi connectivity index (χ1) is 16.7. The number of nitrogens with zero attached hydrogens (tertiary/aromatic N) is 4. The number of rotatable bonds is 9. The molecule has 1 N–H and O–H groups in total. The number of nitriles is 1. The molecule has 0 saturated carbocycles. The fourth-order valence-electron chi connectivity index (χ4n) is 3.44. The van der Waals surface area contributed by atoms with Crippen molar-refractivity contribution >= 4 is 23.4 Å². The summed E-state index contributed by atoms with van der Waals surface area (Å²) in [5, 5.41) is 21.5. The van der Waals surface area contributed by atoms with Crippen molar-refractivity contribution in [3.63, 3.8) is 0 Å². The van der Waals surface area contributed by atoms with Gasteiger partial charge in [0.15, 0.2) is 11.0 Å². The normalized spacial score (nSPS) is 10.5. The number of thioether (sulfide) groups is 1. The lowest BCUT2D eigenvalue weighted by Gasteiger charge is -2.11. The van der Waals surface area contributed by atoms with Crippen LogP contribution in [0.25, 0.3) is 11.4 Å². The Balaban J connectivity index is 1.52. The Morgan fingerprint density at radius 1 is 1.03 bits per heavy atom. The van der Waals surface area contributed by atoms with Crippen LogP contribution in [0, 0.1) is 11.3 Å². The number of para-hydroxylation sites is 1. The molecular formula is C26H23N5O2S. The third-order valence-corrected chi connectivity index (χ3v) is 6.15. The van der Waals surface area contributed by atoms with Gasteiger partial charge in [0.25, 0.3) is 0 Å². The van der Waals surface area contributed by atoms with E-state index in [0.717, 1.165) is 23.6 Å². The molecule has 0 radical (unpaired) electrons. The maximum atomic E-state index is 12.6. The van der Waals surface area contributed by atoms with Gasteiger partial charge in [0.2, 0.25) is 5.91 Å². The average molecular weight is 470 g/mol. The largest absolute Gasteiger partial charge is 0.497 e. The summed E-state index contributed by atoms with van der Waals surface area (Å²) in [7, 11) is 1.63. The fraction of sp³-hybridized carbons (Fsp3) is 0.154. The van der Waals surface area contributed by atoms with Crippen LogP contribution in [0.5, 0.6) is 5.75 Å². The van der Waals surface area contributed by atoms with E-state index in [4.69, 9.17) is 4.74 Å². The van der Waals surface area contributed by atoms with Crippen LogP contribution >= 0.6 is 11.8 Å². The minimum Gasteiger partial charge on any atom is -0.497 e. The number of hydrogen-bond acceptors (Lipinski definition) is 6. The quantitative estimate of drug-likeness (QED) is 0.354. The maximum Gasteiger partial charge on any atom is 0.234 e. The number of amides is 1. The Bertz CT molecular complexity index is 1300. The van der Waals surface area contributed by atoms with E-state index in [1.54, 1.807) is 31.4 Å². The Hall–Kier alpha value is -4.09. The summed E-state index contributed by atoms with van der Waals surface area (Å²) in [5.74, 6) is 1.43. The fourth-order valence-corrected chi connectivity index (χ4v) is 4.21. The molecule has 0 aliphatic rings. The van der Waals surface area contributed by atoms with Gasteiger partial charge >= 0.3 is 0 Å². The van der Waals surface area contributed by atoms with Crippen LogP contribution in [0.1, 0.15) is 11.1 Å². The maximum absolute atomic E-state index is 12.6. The van der Waals surface area contributed by atoms with E-state index >= 15 is 0 Å². The van der Waals surface area contributed by atoms with Crippen LogP contribution in [-0.4, -0.2) is 33.5 Å². The van der Waals surface area contributed by atoms with Crippen molar-refractivity contribution in [3.05, 3.63) is 90.0 Å². The molecule has 4 aromatic rings. The van der Waals surface area contributed by atoms with Crippen molar-refractivity contribution in [2.75, 3.05) is 18.2 Å². The van der Waals surface area contributed by atoms with Crippen molar-refractivity contribution < 1.29 is 9.53 Å². The zero-order chi connectivity index (χ0) is 23.8. The van der Waals surface area contributed by atoms with Gasteiger partial charge in [0.05, 0.1) is 24.1 Å². The van der Waals surface area contributed by atoms with Gasteiger partial charge in [-0.15, -0.1) is 10.2 Å². The molecule has 0 unspecified atom stereocenters. The molecule has 1 amide bonds. The Morgan fingerprint density at radius 2 is 1.76 bits per heavy atom. The van der Waals surface area contributed by atoms with Gasteiger partial charge in [-0.25, -0.2) is 0 Å². The summed E-state index contributed by atoms with van der Waals surface area (Å²) in [5.41, 5.74) is 3.05. The zero-order valence-electron chi connectivity index (χ0n) is 18.6. The summed E-state index contributed by atoms with van der Waals surface area (Å²) in [4.78, 5) is 12.6. The minimum absolute atomic E-state index is 0.145. The van der Waals surface area contributed by atoms with Crippen LogP contribution in [0.4, 0.5) is 5.69 Å². The number of ether oxygens (including phenoxy) is 1. The van der Waals surface area contributed by atoms with Gasteiger partial charge in [0.1, 0.15) is 11.8 Å². The molecule has 34 heavy (non-hydrogen) atoms. The van der Waals surface area contributed by atoms with E-state index in [9.17, 15) is 10.1 Å². The second-order valence-electron chi connectivity index (χ2n) is 7.42. The van der Waals surface area contributed by atoms with Crippen molar-refractivity contribution in [1.29, 1.82) is 5.26 Å². The SMILES string of the molecule is COc1ccc(-c2nnc(SCC(=O)Nc3ccccc3C#N)n2CCc2ccccc2)cc1. The Kier molecular flexibility index (Phi) is 7.58. The Labute approximate surface area is 202 Å². The van der Waals surface area contributed by atoms with Gasteiger partial charge < -0.3 is 14.6 Å². The van der Waals surface area contributed by atoms with Crippen LogP contribution < -0.4 is 10.1 Å². The van der Waals surface area contributed by atoms with Crippen molar-refractivity contribution in [1.82, 2.24) is 14.8 Å². The second-order valence-corrected chi connectivity index (χ2v) is 8.36. The molecule has 0 fully saturated rings. The molecule has 4 rings (SSSR count). The average Bonchev–Trinajstić information content (AvgIpc) is 3.30. The molecule has 0 spiro atoms.